The number of benzene rings is 1. The summed E-state index contributed by atoms with van der Waals surface area (Å²) < 4.78 is 18.6. The molecular formula is C23H33FNOS+. The largest absolute Gasteiger partial charge is 0.370 e. The van der Waals surface area contributed by atoms with Crippen molar-refractivity contribution in [3.8, 4) is 0 Å². The number of likely N-dealkylation sites (N-methyl/N-ethyl adjacent to an activating group) is 1. The molecule has 0 atom stereocenters. The number of hydrogen-bond donors (Lipinski definition) is 0. The summed E-state index contributed by atoms with van der Waals surface area (Å²) in [4.78, 5) is 3.15. The van der Waals surface area contributed by atoms with Crippen LogP contribution in [-0.2, 0) is 17.6 Å². The number of aryl methyl sites for hydroxylation is 2. The minimum atomic E-state index is -0.0579. The molecule has 2 heterocycles. The molecule has 148 valence electrons. The smallest absolute Gasteiger partial charge is 0.131 e. The van der Waals surface area contributed by atoms with Crippen LogP contribution in [0, 0.1) is 16.3 Å². The van der Waals surface area contributed by atoms with Gasteiger partial charge in [-0.1, -0.05) is 25.5 Å². The van der Waals surface area contributed by atoms with E-state index in [1.807, 2.05) is 17.4 Å². The van der Waals surface area contributed by atoms with Crippen LogP contribution in [0.1, 0.15) is 42.4 Å². The molecule has 0 N–H and O–H groups in total. The number of morpholine rings is 1. The van der Waals surface area contributed by atoms with Gasteiger partial charge in [-0.15, -0.1) is 11.3 Å². The van der Waals surface area contributed by atoms with Gasteiger partial charge >= 0.3 is 0 Å². The summed E-state index contributed by atoms with van der Waals surface area (Å²) in [6, 6.07) is 9.88. The Morgan fingerprint density at radius 3 is 2.26 bits per heavy atom. The van der Waals surface area contributed by atoms with Crippen LogP contribution in [0.3, 0.4) is 0 Å². The molecule has 0 spiro atoms. The molecule has 2 nitrogen and oxygen atoms in total. The summed E-state index contributed by atoms with van der Waals surface area (Å²) in [6.07, 6.45) is 7.88. The van der Waals surface area contributed by atoms with Crippen molar-refractivity contribution >= 4 is 11.3 Å². The summed E-state index contributed by atoms with van der Waals surface area (Å²) in [5.74, 6) is -0.0579. The minimum Gasteiger partial charge on any atom is -0.370 e. The fourth-order valence-corrected chi connectivity index (χ4v) is 4.82. The second-order valence-corrected chi connectivity index (χ2v) is 9.28. The zero-order chi connectivity index (χ0) is 19.1. The molecule has 4 heteroatoms. The first-order valence-electron chi connectivity index (χ1n) is 10.4. The first-order valence-corrected chi connectivity index (χ1v) is 11.2. The summed E-state index contributed by atoms with van der Waals surface area (Å²) in [7, 11) is 2.39. The van der Waals surface area contributed by atoms with E-state index in [0.29, 0.717) is 0 Å². The SMILES string of the molecule is CCCc1ccc(CCCCC[N+]2(C)CCOCC2)s1.Fc1cc2ccc1=2. The molecule has 0 saturated carbocycles. The Labute approximate surface area is 166 Å². The van der Waals surface area contributed by atoms with Crippen molar-refractivity contribution < 1.29 is 13.6 Å². The molecule has 0 amide bonds. The van der Waals surface area contributed by atoms with Crippen LogP contribution < -0.4 is 0 Å². The Hall–Kier alpha value is -1.23. The monoisotopic (exact) mass is 390 g/mol. The molecule has 0 bridgehead atoms. The van der Waals surface area contributed by atoms with Crippen molar-refractivity contribution in [2.45, 2.75) is 45.4 Å². The van der Waals surface area contributed by atoms with Gasteiger partial charge in [0.25, 0.3) is 0 Å². The second-order valence-electron chi connectivity index (χ2n) is 8.03. The van der Waals surface area contributed by atoms with Gasteiger partial charge in [0.1, 0.15) is 18.9 Å². The Balaban J connectivity index is 0.000000246. The van der Waals surface area contributed by atoms with E-state index in [-0.39, 0.29) is 5.82 Å². The van der Waals surface area contributed by atoms with Gasteiger partial charge in [0.15, 0.2) is 0 Å². The van der Waals surface area contributed by atoms with Crippen LogP contribution in [0.4, 0.5) is 4.39 Å². The van der Waals surface area contributed by atoms with Gasteiger partial charge < -0.3 is 9.22 Å². The number of halogens is 1. The van der Waals surface area contributed by atoms with E-state index < -0.39 is 0 Å². The van der Waals surface area contributed by atoms with E-state index in [4.69, 9.17) is 4.74 Å². The lowest BCUT2D eigenvalue weighted by atomic mass is 10.1. The van der Waals surface area contributed by atoms with Crippen molar-refractivity contribution in [1.82, 2.24) is 0 Å². The van der Waals surface area contributed by atoms with Crippen LogP contribution >= 0.6 is 11.3 Å². The Morgan fingerprint density at radius 2 is 1.74 bits per heavy atom. The van der Waals surface area contributed by atoms with Gasteiger partial charge in [-0.25, -0.2) is 4.39 Å². The zero-order valence-electron chi connectivity index (χ0n) is 16.8. The first-order chi connectivity index (χ1) is 13.1. The second kappa shape index (κ2) is 9.81. The molecule has 0 unspecified atom stereocenters. The van der Waals surface area contributed by atoms with Crippen LogP contribution in [-0.4, -0.2) is 44.4 Å². The van der Waals surface area contributed by atoms with E-state index in [2.05, 4.69) is 26.1 Å². The minimum absolute atomic E-state index is 0.0579. The number of rotatable bonds is 8. The fraction of sp³-hybridized carbons (Fsp3) is 0.565. The molecule has 3 aliphatic rings. The molecule has 0 radical (unpaired) electrons. The van der Waals surface area contributed by atoms with Gasteiger partial charge in [0.2, 0.25) is 0 Å². The number of unbranched alkanes of at least 4 members (excludes halogenated alkanes) is 2. The topological polar surface area (TPSA) is 9.23 Å². The van der Waals surface area contributed by atoms with Gasteiger partial charge in [-0.2, -0.15) is 0 Å². The summed E-state index contributed by atoms with van der Waals surface area (Å²) in [5, 5.41) is 1.87. The molecule has 1 aromatic rings. The molecule has 2 aliphatic carbocycles. The predicted molar refractivity (Wildman–Crippen MR) is 112 cm³/mol. The van der Waals surface area contributed by atoms with Crippen LogP contribution in [0.25, 0.3) is 0 Å². The zero-order valence-corrected chi connectivity index (χ0v) is 17.6. The summed E-state index contributed by atoms with van der Waals surface area (Å²) >= 11 is 2.02. The maximum atomic E-state index is 12.0. The fourth-order valence-electron chi connectivity index (χ4n) is 3.66. The average Bonchev–Trinajstić information content (AvgIpc) is 3.08. The van der Waals surface area contributed by atoms with Gasteiger partial charge in [0.05, 0.1) is 26.8 Å². The van der Waals surface area contributed by atoms with Gasteiger partial charge in [-0.05, 0) is 55.5 Å². The van der Waals surface area contributed by atoms with Crippen molar-refractivity contribution in [2.75, 3.05) is 39.9 Å². The molecule has 27 heavy (non-hydrogen) atoms. The number of nitrogens with zero attached hydrogens (tertiary/aromatic N) is 1. The number of hydrogen-bond acceptors (Lipinski definition) is 2. The third kappa shape index (κ3) is 5.87. The van der Waals surface area contributed by atoms with Crippen molar-refractivity contribution in [1.29, 1.82) is 0 Å². The molecule has 1 aromatic heterocycles. The maximum absolute atomic E-state index is 12.0. The Morgan fingerprint density at radius 1 is 1.00 bits per heavy atom. The van der Waals surface area contributed by atoms with Crippen molar-refractivity contribution in [2.24, 2.45) is 0 Å². The third-order valence-electron chi connectivity index (χ3n) is 5.67. The van der Waals surface area contributed by atoms with Gasteiger partial charge in [-0.3, -0.25) is 0 Å². The molecule has 1 aliphatic heterocycles. The normalized spacial score (nSPS) is 16.6. The van der Waals surface area contributed by atoms with Gasteiger partial charge in [0, 0.05) is 15.0 Å². The number of quaternary nitrogens is 1. The molecule has 1 fully saturated rings. The molecule has 1 saturated heterocycles. The summed E-state index contributed by atoms with van der Waals surface area (Å²) in [6.45, 7) is 7.89. The lowest BCUT2D eigenvalue weighted by Crippen LogP contribution is -2.52. The van der Waals surface area contributed by atoms with E-state index in [9.17, 15) is 4.39 Å². The lowest BCUT2D eigenvalue weighted by molar-refractivity contribution is -0.917. The van der Waals surface area contributed by atoms with E-state index >= 15 is 0 Å². The number of thiophene rings is 1. The summed E-state index contributed by atoms with van der Waals surface area (Å²) in [5.41, 5.74) is 0. The third-order valence-corrected chi connectivity index (χ3v) is 6.87. The average molecular weight is 391 g/mol. The molecule has 4 rings (SSSR count). The quantitative estimate of drug-likeness (QED) is 0.374. The molecule has 0 aromatic carbocycles. The standard InChI is InChI=1S/C17H30NOS.C6H3F/c1-3-7-16-9-10-17(20-16)8-5-4-6-11-18(2)12-14-19-15-13-18;7-6-3-4-1-2-5(4)6/h9-10H,3-8,11-15H2,1-2H3;1-3H/q+1;. The van der Waals surface area contributed by atoms with E-state index in [1.165, 1.54) is 68.7 Å². The highest BCUT2D eigenvalue weighted by Gasteiger charge is 2.24. The first kappa shape index (κ1) is 20.5. The van der Waals surface area contributed by atoms with Crippen LogP contribution in [0.5, 0.6) is 0 Å². The maximum Gasteiger partial charge on any atom is 0.131 e. The van der Waals surface area contributed by atoms with Crippen LogP contribution in [0.2, 0.25) is 0 Å². The Bertz CT molecular complexity index is 810. The Kier molecular flexibility index (Phi) is 7.45. The van der Waals surface area contributed by atoms with E-state index in [1.54, 1.807) is 15.8 Å². The lowest BCUT2D eigenvalue weighted by Gasteiger charge is -2.37. The molecular weight excluding hydrogens is 357 g/mol. The predicted octanol–water partition coefficient (Wildman–Crippen LogP) is 5.32. The highest BCUT2D eigenvalue weighted by atomic mass is 32.1. The van der Waals surface area contributed by atoms with Crippen molar-refractivity contribution in [3.63, 3.8) is 0 Å². The van der Waals surface area contributed by atoms with E-state index in [0.717, 1.165) is 23.7 Å². The number of ether oxygens (including phenoxy) is 1. The van der Waals surface area contributed by atoms with Crippen molar-refractivity contribution in [3.05, 3.63) is 56.3 Å². The van der Waals surface area contributed by atoms with Crippen LogP contribution in [0.15, 0.2) is 30.3 Å². The highest BCUT2D eigenvalue weighted by Crippen LogP contribution is 2.20. The highest BCUT2D eigenvalue weighted by molar-refractivity contribution is 7.11.